The van der Waals surface area contributed by atoms with Crippen molar-refractivity contribution in [1.29, 1.82) is 0 Å². The Morgan fingerprint density at radius 3 is 0.764 bits per heavy atom. The van der Waals surface area contributed by atoms with E-state index >= 15 is 0 Å². The number of ether oxygens (including phenoxy) is 4. The number of phosphoric ester groups is 2. The molecule has 0 aliphatic rings. The van der Waals surface area contributed by atoms with Crippen molar-refractivity contribution < 1.29 is 80.2 Å². The van der Waals surface area contributed by atoms with E-state index in [0.717, 1.165) is 95.8 Å². The van der Waals surface area contributed by atoms with Gasteiger partial charge in [0.15, 0.2) is 12.2 Å². The van der Waals surface area contributed by atoms with Crippen molar-refractivity contribution in [2.45, 2.75) is 380 Å². The average Bonchev–Trinajstić information content (AvgIpc) is 3.61. The van der Waals surface area contributed by atoms with Crippen molar-refractivity contribution >= 4 is 39.5 Å². The Hall–Kier alpha value is -1.94. The van der Waals surface area contributed by atoms with Gasteiger partial charge in [-0.1, -0.05) is 311 Å². The van der Waals surface area contributed by atoms with Crippen LogP contribution in [0.1, 0.15) is 362 Å². The molecule has 3 N–H and O–H groups in total. The van der Waals surface area contributed by atoms with Crippen LogP contribution in [0.5, 0.6) is 0 Å². The van der Waals surface area contributed by atoms with Gasteiger partial charge in [-0.05, 0) is 31.6 Å². The van der Waals surface area contributed by atoms with Crippen LogP contribution in [-0.2, 0) is 65.4 Å². The van der Waals surface area contributed by atoms with Gasteiger partial charge < -0.3 is 33.8 Å². The Labute approximate surface area is 543 Å². The number of carbonyl (C=O) groups is 4. The van der Waals surface area contributed by atoms with Gasteiger partial charge in [0.25, 0.3) is 0 Å². The number of rotatable bonds is 70. The molecule has 0 aromatic heterocycles. The fourth-order valence-electron chi connectivity index (χ4n) is 10.6. The van der Waals surface area contributed by atoms with Crippen LogP contribution < -0.4 is 0 Å². The third-order valence-electron chi connectivity index (χ3n) is 16.3. The van der Waals surface area contributed by atoms with Crippen LogP contribution in [0.4, 0.5) is 0 Å². The summed E-state index contributed by atoms with van der Waals surface area (Å²) in [6, 6.07) is 0. The summed E-state index contributed by atoms with van der Waals surface area (Å²) >= 11 is 0. The van der Waals surface area contributed by atoms with Gasteiger partial charge in [0.1, 0.15) is 19.3 Å². The molecule has 17 nitrogen and oxygen atoms in total. The van der Waals surface area contributed by atoms with Gasteiger partial charge in [0.05, 0.1) is 26.4 Å². The van der Waals surface area contributed by atoms with Crippen molar-refractivity contribution in [3.8, 4) is 0 Å². The summed E-state index contributed by atoms with van der Waals surface area (Å²) in [6.45, 7) is 7.24. The molecule has 0 spiro atoms. The summed E-state index contributed by atoms with van der Waals surface area (Å²) in [4.78, 5) is 72.4. The Kier molecular flexibility index (Phi) is 62.1. The van der Waals surface area contributed by atoms with Crippen LogP contribution >= 0.6 is 15.6 Å². The third kappa shape index (κ3) is 64.6. The number of esters is 4. The topological polar surface area (TPSA) is 237 Å². The number of phosphoric acid groups is 2. The summed E-state index contributed by atoms with van der Waals surface area (Å²) in [6.07, 6.45) is 49.9. The first-order chi connectivity index (χ1) is 43.0. The van der Waals surface area contributed by atoms with Gasteiger partial charge in [-0.15, -0.1) is 0 Å². The molecule has 0 aromatic rings. The highest BCUT2D eigenvalue weighted by molar-refractivity contribution is 7.47. The Morgan fingerprint density at radius 1 is 0.303 bits per heavy atom. The zero-order chi connectivity index (χ0) is 65.6. The van der Waals surface area contributed by atoms with Crippen molar-refractivity contribution in [2.75, 3.05) is 39.6 Å². The third-order valence-corrected chi connectivity index (χ3v) is 18.2. The molecule has 528 valence electrons. The maximum absolute atomic E-state index is 13.0. The summed E-state index contributed by atoms with van der Waals surface area (Å²) in [5.74, 6) is -1.32. The normalized spacial score (nSPS) is 14.1. The second kappa shape index (κ2) is 63.5. The Bertz CT molecular complexity index is 1720. The predicted octanol–water partition coefficient (Wildman–Crippen LogP) is 20.1. The molecule has 0 heterocycles. The van der Waals surface area contributed by atoms with E-state index in [0.29, 0.717) is 25.7 Å². The average molecular weight is 1310 g/mol. The quantitative estimate of drug-likeness (QED) is 0.0222. The summed E-state index contributed by atoms with van der Waals surface area (Å²) in [5, 5.41) is 10.6. The minimum absolute atomic E-state index is 0.106. The zero-order valence-electron chi connectivity index (χ0n) is 57.6. The highest BCUT2D eigenvalue weighted by Crippen LogP contribution is 2.45. The molecule has 0 rings (SSSR count). The minimum Gasteiger partial charge on any atom is -0.462 e. The lowest BCUT2D eigenvalue weighted by atomic mass is 10.0. The monoisotopic (exact) mass is 1310 g/mol. The molecule has 0 aliphatic carbocycles. The van der Waals surface area contributed by atoms with Gasteiger partial charge >= 0.3 is 39.5 Å². The van der Waals surface area contributed by atoms with Crippen LogP contribution in [0.15, 0.2) is 0 Å². The van der Waals surface area contributed by atoms with Gasteiger partial charge in [0, 0.05) is 25.7 Å². The van der Waals surface area contributed by atoms with Gasteiger partial charge in [-0.2, -0.15) is 0 Å². The van der Waals surface area contributed by atoms with E-state index in [9.17, 15) is 43.2 Å². The molecule has 19 heteroatoms. The second-order valence-corrected chi connectivity index (χ2v) is 28.7. The molecular weight excluding hydrogens is 1170 g/mol. The first-order valence-electron chi connectivity index (χ1n) is 36.6. The molecule has 0 bridgehead atoms. The van der Waals surface area contributed by atoms with E-state index in [2.05, 4.69) is 34.6 Å². The number of aliphatic hydroxyl groups excluding tert-OH is 1. The van der Waals surface area contributed by atoms with Crippen molar-refractivity contribution in [1.82, 2.24) is 0 Å². The van der Waals surface area contributed by atoms with Crippen molar-refractivity contribution in [2.24, 2.45) is 5.92 Å². The van der Waals surface area contributed by atoms with E-state index in [1.165, 1.54) is 186 Å². The van der Waals surface area contributed by atoms with Crippen molar-refractivity contribution in [3.05, 3.63) is 0 Å². The number of aliphatic hydroxyl groups is 1. The van der Waals surface area contributed by atoms with Crippen LogP contribution in [-0.4, -0.2) is 96.7 Å². The lowest BCUT2D eigenvalue weighted by molar-refractivity contribution is -0.161. The first-order valence-corrected chi connectivity index (χ1v) is 39.6. The van der Waals surface area contributed by atoms with E-state index in [1.807, 2.05) is 0 Å². The minimum atomic E-state index is -4.95. The predicted molar refractivity (Wildman–Crippen MR) is 358 cm³/mol. The number of carbonyl (C=O) groups excluding carboxylic acids is 4. The fraction of sp³-hybridized carbons (Fsp3) is 0.943. The number of hydrogen-bond donors (Lipinski definition) is 3. The summed E-state index contributed by atoms with van der Waals surface area (Å²) in [5.41, 5.74) is 0. The lowest BCUT2D eigenvalue weighted by Gasteiger charge is -2.21. The van der Waals surface area contributed by atoms with Crippen LogP contribution in [0.3, 0.4) is 0 Å². The Morgan fingerprint density at radius 2 is 0.517 bits per heavy atom. The summed E-state index contributed by atoms with van der Waals surface area (Å²) < 4.78 is 68.2. The van der Waals surface area contributed by atoms with Crippen molar-refractivity contribution in [3.63, 3.8) is 0 Å². The smallest absolute Gasteiger partial charge is 0.462 e. The number of unbranched alkanes of at least 4 members (excludes halogenated alkanes) is 42. The highest BCUT2D eigenvalue weighted by Gasteiger charge is 2.30. The maximum Gasteiger partial charge on any atom is 0.472 e. The number of hydrogen-bond acceptors (Lipinski definition) is 15. The van der Waals surface area contributed by atoms with Gasteiger partial charge in [-0.25, -0.2) is 9.13 Å². The zero-order valence-corrected chi connectivity index (χ0v) is 59.4. The highest BCUT2D eigenvalue weighted by atomic mass is 31.2. The summed E-state index contributed by atoms with van der Waals surface area (Å²) in [7, 11) is -9.89. The maximum atomic E-state index is 13.0. The molecular formula is C70H136O17P2. The lowest BCUT2D eigenvalue weighted by Crippen LogP contribution is -2.30. The fourth-order valence-corrected chi connectivity index (χ4v) is 12.2. The molecule has 5 atom stereocenters. The van der Waals surface area contributed by atoms with E-state index in [1.54, 1.807) is 0 Å². The molecule has 0 fully saturated rings. The molecule has 0 aliphatic heterocycles. The Balaban J connectivity index is 5.20. The van der Waals surface area contributed by atoms with E-state index in [-0.39, 0.29) is 25.7 Å². The molecule has 0 amide bonds. The molecule has 0 saturated heterocycles. The van der Waals surface area contributed by atoms with Gasteiger partial charge in [-0.3, -0.25) is 37.3 Å². The van der Waals surface area contributed by atoms with Crippen LogP contribution in [0.2, 0.25) is 0 Å². The van der Waals surface area contributed by atoms with Gasteiger partial charge in [0.2, 0.25) is 0 Å². The van der Waals surface area contributed by atoms with Crippen LogP contribution in [0, 0.1) is 5.92 Å². The van der Waals surface area contributed by atoms with Crippen LogP contribution in [0.25, 0.3) is 0 Å². The SMILES string of the molecule is CCCCCCCCCCCCCCCC(=O)OC[C@H](COP(=O)(O)OC[C@@H](O)COP(=O)(O)OC[C@@H](COC(=O)CCCCCCCCCCC)OC(=O)CCCCCCCCCCC)OC(=O)CCCCCCCCCCCCCCCCCC(C)C. The molecule has 0 aromatic carbocycles. The van der Waals surface area contributed by atoms with E-state index < -0.39 is 97.5 Å². The largest absolute Gasteiger partial charge is 0.472 e. The first kappa shape index (κ1) is 87.1. The molecule has 2 unspecified atom stereocenters. The van der Waals surface area contributed by atoms with E-state index in [4.69, 9.17) is 37.0 Å². The standard InChI is InChI=1S/C70H136O17P2/c1-6-9-12-15-18-21-22-26-30-35-39-44-49-54-68(73)81-60-66(87-70(75)56-51-46-41-36-31-28-25-23-24-27-29-34-37-42-47-52-63(4)5)62-85-89(78,79)83-58-64(71)57-82-88(76,77)84-61-65(86-69(74)55-50-45-40-33-20-17-14-11-8-3)59-80-67(72)53-48-43-38-32-19-16-13-10-7-2/h63-66,71H,6-62H2,1-5H3,(H,76,77)(H,78,79)/t64-,65+,66+/m0/s1. The second-order valence-electron chi connectivity index (χ2n) is 25.7. The molecule has 0 radical (unpaired) electrons. The molecule has 0 saturated carbocycles. The molecule has 89 heavy (non-hydrogen) atoms.